The molecule has 4 N–H and O–H groups in total. The number of aromatic nitrogens is 1. The summed E-state index contributed by atoms with van der Waals surface area (Å²) in [6.07, 6.45) is 6.89. The number of hydrogen-bond donors (Lipinski definition) is 4. The Bertz CT molecular complexity index is 932. The Morgan fingerprint density at radius 1 is 1.21 bits per heavy atom. The van der Waals surface area contributed by atoms with E-state index < -0.39 is 5.97 Å². The lowest BCUT2D eigenvalue weighted by Crippen LogP contribution is -2.11. The molecule has 2 amide bonds. The van der Waals surface area contributed by atoms with Crippen molar-refractivity contribution in [2.45, 2.75) is 39.0 Å². The van der Waals surface area contributed by atoms with Crippen LogP contribution in [0, 0.1) is 5.92 Å². The zero-order valence-electron chi connectivity index (χ0n) is 16.3. The molecule has 0 radical (unpaired) electrons. The molecule has 3 rings (SSSR count). The van der Waals surface area contributed by atoms with Crippen molar-refractivity contribution in [1.82, 2.24) is 4.98 Å². The van der Waals surface area contributed by atoms with Crippen LogP contribution in [0.15, 0.2) is 36.5 Å². The molecule has 0 aliphatic carbocycles. The number of nitrogens with one attached hydrogen (secondary N) is 3. The Morgan fingerprint density at radius 3 is 2.76 bits per heavy atom. The molecule has 1 aromatic heterocycles. The van der Waals surface area contributed by atoms with Crippen LogP contribution in [-0.4, -0.2) is 27.9 Å². The first kappa shape index (κ1) is 20.4. The first-order valence-corrected chi connectivity index (χ1v) is 9.77. The quantitative estimate of drug-likeness (QED) is 0.378. The maximum absolute atomic E-state index is 12.3. The van der Waals surface area contributed by atoms with Gasteiger partial charge in [0.15, 0.2) is 0 Å². The summed E-state index contributed by atoms with van der Waals surface area (Å²) in [6, 6.07) is 9.09. The fraction of sp³-hybridized carbons (Fsp3) is 0.318. The van der Waals surface area contributed by atoms with Crippen molar-refractivity contribution >= 4 is 40.8 Å². The Labute approximate surface area is 169 Å². The number of rotatable bonds is 9. The van der Waals surface area contributed by atoms with Gasteiger partial charge in [-0.2, -0.15) is 0 Å². The number of fused-ring (bicyclic) bond motifs is 1. The van der Waals surface area contributed by atoms with Gasteiger partial charge in [-0.15, -0.1) is 0 Å². The molecule has 0 spiro atoms. The molecule has 152 valence electrons. The predicted octanol–water partition coefficient (Wildman–Crippen LogP) is 4.12. The van der Waals surface area contributed by atoms with Crippen molar-refractivity contribution in [2.24, 2.45) is 5.92 Å². The van der Waals surface area contributed by atoms with E-state index in [0.717, 1.165) is 29.8 Å². The van der Waals surface area contributed by atoms with Gasteiger partial charge in [0.05, 0.1) is 11.5 Å². The number of H-pyrrole nitrogens is 1. The summed E-state index contributed by atoms with van der Waals surface area (Å²) in [4.78, 5) is 38.3. The number of hydrogen-bond acceptors (Lipinski definition) is 3. The Balaban J connectivity index is 1.55. The molecule has 2 aromatic rings. The number of aliphatic carboxylic acids is 1. The minimum Gasteiger partial charge on any atom is -0.481 e. The average molecular weight is 395 g/mol. The van der Waals surface area contributed by atoms with Crippen LogP contribution in [0.3, 0.4) is 0 Å². The van der Waals surface area contributed by atoms with E-state index in [1.807, 2.05) is 12.1 Å². The third-order valence-corrected chi connectivity index (χ3v) is 4.97. The molecule has 0 saturated heterocycles. The van der Waals surface area contributed by atoms with Crippen molar-refractivity contribution in [3.8, 4) is 0 Å². The number of carbonyl (C=O) groups excluding carboxylic acids is 2. The summed E-state index contributed by atoms with van der Waals surface area (Å²) in [6.45, 7) is 1.70. The normalized spacial score (nSPS) is 15.1. The van der Waals surface area contributed by atoms with Crippen LogP contribution >= 0.6 is 0 Å². The van der Waals surface area contributed by atoms with Crippen molar-refractivity contribution in [3.63, 3.8) is 0 Å². The molecule has 1 atom stereocenters. The summed E-state index contributed by atoms with van der Waals surface area (Å²) in [5.41, 5.74) is 3.49. The summed E-state index contributed by atoms with van der Waals surface area (Å²) < 4.78 is 0. The maximum atomic E-state index is 12.3. The van der Waals surface area contributed by atoms with Crippen LogP contribution in [0.1, 0.15) is 50.3 Å². The van der Waals surface area contributed by atoms with Gasteiger partial charge in [0.1, 0.15) is 0 Å². The van der Waals surface area contributed by atoms with Crippen molar-refractivity contribution in [2.75, 3.05) is 10.6 Å². The summed E-state index contributed by atoms with van der Waals surface area (Å²) in [5, 5.41) is 14.6. The van der Waals surface area contributed by atoms with Gasteiger partial charge in [0.2, 0.25) is 5.91 Å². The van der Waals surface area contributed by atoms with E-state index in [0.29, 0.717) is 30.5 Å². The molecule has 7 nitrogen and oxygen atoms in total. The van der Waals surface area contributed by atoms with Crippen molar-refractivity contribution in [1.29, 1.82) is 0 Å². The van der Waals surface area contributed by atoms with E-state index in [1.54, 1.807) is 37.4 Å². The standard InChI is InChI=1S/C22H25N3O4/c1-14(22(28)29)6-3-2-4-8-20(26)24-16-9-10-19-17(13-16)18(21(27)25-19)12-15-7-5-11-23-15/h5,7,9-14,23H,2-4,6,8H2,1H3,(H,24,26)(H,25,27)(H,28,29). The van der Waals surface area contributed by atoms with Crippen LogP contribution in [0.25, 0.3) is 11.6 Å². The van der Waals surface area contributed by atoms with Crippen LogP contribution in [-0.2, 0) is 14.4 Å². The molecule has 1 unspecified atom stereocenters. The van der Waals surface area contributed by atoms with Crippen LogP contribution in [0.2, 0.25) is 0 Å². The van der Waals surface area contributed by atoms with E-state index in [9.17, 15) is 14.4 Å². The third kappa shape index (κ3) is 5.34. The van der Waals surface area contributed by atoms with Crippen LogP contribution in [0.5, 0.6) is 0 Å². The molecule has 29 heavy (non-hydrogen) atoms. The number of carboxylic acids is 1. The number of amides is 2. The maximum Gasteiger partial charge on any atom is 0.306 e. The average Bonchev–Trinajstić information content (AvgIpc) is 3.30. The number of unbranched alkanes of at least 4 members (excludes halogenated alkanes) is 2. The van der Waals surface area contributed by atoms with Gasteiger partial charge in [-0.1, -0.05) is 19.8 Å². The minimum atomic E-state index is -0.781. The molecule has 0 saturated carbocycles. The van der Waals surface area contributed by atoms with Gasteiger partial charge in [-0.05, 0) is 49.2 Å². The van der Waals surface area contributed by atoms with Gasteiger partial charge in [0.25, 0.3) is 5.91 Å². The highest BCUT2D eigenvalue weighted by Crippen LogP contribution is 2.35. The van der Waals surface area contributed by atoms with Crippen LogP contribution < -0.4 is 10.6 Å². The van der Waals surface area contributed by atoms with E-state index >= 15 is 0 Å². The number of benzene rings is 1. The highest BCUT2D eigenvalue weighted by Gasteiger charge is 2.24. The Kier molecular flexibility index (Phi) is 6.49. The monoisotopic (exact) mass is 395 g/mol. The molecule has 1 aromatic carbocycles. The second kappa shape index (κ2) is 9.23. The van der Waals surface area contributed by atoms with E-state index in [-0.39, 0.29) is 17.7 Å². The zero-order valence-corrected chi connectivity index (χ0v) is 16.3. The lowest BCUT2D eigenvalue weighted by molar-refractivity contribution is -0.141. The largest absolute Gasteiger partial charge is 0.481 e. The Hall–Kier alpha value is -3.35. The summed E-state index contributed by atoms with van der Waals surface area (Å²) in [5.74, 6) is -1.39. The molecular weight excluding hydrogens is 370 g/mol. The van der Waals surface area contributed by atoms with Gasteiger partial charge < -0.3 is 20.7 Å². The number of anilines is 2. The first-order valence-electron chi connectivity index (χ1n) is 9.77. The molecule has 0 bridgehead atoms. The second-order valence-electron chi connectivity index (χ2n) is 7.28. The minimum absolute atomic E-state index is 0.0941. The lowest BCUT2D eigenvalue weighted by atomic mass is 10.0. The zero-order chi connectivity index (χ0) is 20.8. The number of carboxylic acid groups (broad SMARTS) is 1. The SMILES string of the molecule is CC(CCCCCC(=O)Nc1ccc2c(c1)C(=Cc1ccc[nH]1)C(=O)N2)C(=O)O. The summed E-state index contributed by atoms with van der Waals surface area (Å²) in [7, 11) is 0. The Morgan fingerprint density at radius 2 is 2.03 bits per heavy atom. The topological polar surface area (TPSA) is 111 Å². The smallest absolute Gasteiger partial charge is 0.306 e. The molecule has 7 heteroatoms. The molecular formula is C22H25N3O4. The fourth-order valence-corrected chi connectivity index (χ4v) is 3.26. The second-order valence-corrected chi connectivity index (χ2v) is 7.28. The summed E-state index contributed by atoms with van der Waals surface area (Å²) >= 11 is 0. The van der Waals surface area contributed by atoms with Gasteiger partial charge in [0, 0.05) is 35.2 Å². The van der Waals surface area contributed by atoms with Gasteiger partial charge in [-0.3, -0.25) is 14.4 Å². The third-order valence-electron chi connectivity index (χ3n) is 4.97. The number of aromatic amines is 1. The number of carbonyl (C=O) groups is 3. The van der Waals surface area contributed by atoms with Gasteiger partial charge >= 0.3 is 5.97 Å². The van der Waals surface area contributed by atoms with Crippen molar-refractivity contribution in [3.05, 3.63) is 47.8 Å². The van der Waals surface area contributed by atoms with E-state index in [1.165, 1.54) is 0 Å². The van der Waals surface area contributed by atoms with Gasteiger partial charge in [-0.25, -0.2) is 0 Å². The molecule has 1 aliphatic rings. The molecule has 1 aliphatic heterocycles. The van der Waals surface area contributed by atoms with E-state index in [4.69, 9.17) is 5.11 Å². The lowest BCUT2D eigenvalue weighted by Gasteiger charge is -2.08. The van der Waals surface area contributed by atoms with Crippen molar-refractivity contribution < 1.29 is 19.5 Å². The molecule has 0 fully saturated rings. The van der Waals surface area contributed by atoms with Crippen LogP contribution in [0.4, 0.5) is 11.4 Å². The molecule has 2 heterocycles. The predicted molar refractivity (Wildman–Crippen MR) is 112 cm³/mol. The van der Waals surface area contributed by atoms with E-state index in [2.05, 4.69) is 15.6 Å². The first-order chi connectivity index (χ1) is 13.9. The fourth-order valence-electron chi connectivity index (χ4n) is 3.26. The highest BCUT2D eigenvalue weighted by atomic mass is 16.4. The highest BCUT2D eigenvalue weighted by molar-refractivity contribution is 6.35.